The summed E-state index contributed by atoms with van der Waals surface area (Å²) in [5.74, 6) is -10.9. The Morgan fingerprint density at radius 2 is 1.12 bits per heavy atom. The van der Waals surface area contributed by atoms with Crippen molar-refractivity contribution in [2.24, 2.45) is 23.3 Å². The number of halogens is 1. The molecule has 0 spiro atoms. The predicted molar refractivity (Wildman–Crippen MR) is 427 cm³/mol. The van der Waals surface area contributed by atoms with E-state index in [0.717, 1.165) is 5.39 Å². The normalized spacial score (nSPS) is 16.8. The zero-order chi connectivity index (χ0) is 83.8. The zero-order valence-electron chi connectivity index (χ0n) is 65.2. The molecule has 116 heavy (non-hydrogen) atoms. The van der Waals surface area contributed by atoms with Crippen molar-refractivity contribution in [2.75, 3.05) is 26.2 Å². The van der Waals surface area contributed by atoms with Crippen LogP contribution in [0.5, 0.6) is 0 Å². The summed E-state index contributed by atoms with van der Waals surface area (Å²) in [7, 11) is 0. The first-order chi connectivity index (χ1) is 55.6. The van der Waals surface area contributed by atoms with Gasteiger partial charge in [0, 0.05) is 99.5 Å². The highest BCUT2D eigenvalue weighted by molar-refractivity contribution is 6.30. The van der Waals surface area contributed by atoms with E-state index in [-0.39, 0.29) is 125 Å². The summed E-state index contributed by atoms with van der Waals surface area (Å²) in [6, 6.07) is 9.37. The molecule has 2 aliphatic rings. The fourth-order valence-corrected chi connectivity index (χ4v) is 13.9. The third-order valence-electron chi connectivity index (χ3n) is 19.9. The Bertz CT molecular complexity index is 4380. The quantitative estimate of drug-likeness (QED) is 0.0142. The van der Waals surface area contributed by atoms with Crippen LogP contribution < -0.4 is 75.3 Å². The van der Waals surface area contributed by atoms with E-state index in [1.807, 2.05) is 30.3 Å². The number of amides is 13. The number of carbonyl (C=O) groups excluding carboxylic acids is 13. The van der Waals surface area contributed by atoms with Crippen LogP contribution in [0.4, 0.5) is 0 Å². The Labute approximate surface area is 676 Å². The topological polar surface area (TPSA) is 530 Å². The molecule has 1 saturated carbocycles. The molecular formula is C80H104ClN21O14. The van der Waals surface area contributed by atoms with Gasteiger partial charge in [0.15, 0.2) is 5.96 Å². The Morgan fingerprint density at radius 3 is 1.77 bits per heavy atom. The lowest BCUT2D eigenvalue weighted by molar-refractivity contribution is -0.142. The highest BCUT2D eigenvalue weighted by atomic mass is 35.5. The van der Waals surface area contributed by atoms with Crippen molar-refractivity contribution in [3.8, 4) is 0 Å². The molecule has 0 radical (unpaired) electrons. The van der Waals surface area contributed by atoms with Crippen molar-refractivity contribution in [3.63, 3.8) is 0 Å². The van der Waals surface area contributed by atoms with Crippen molar-refractivity contribution < 1.29 is 67.4 Å². The molecule has 1 aliphatic heterocycles. The maximum Gasteiger partial charge on any atom is 0.271 e. The minimum Gasteiger partial charge on any atom is -0.394 e. The molecule has 10 atom stereocenters. The maximum absolute atomic E-state index is 15.4. The largest absolute Gasteiger partial charge is 0.394 e. The minimum absolute atomic E-state index is 0.0154. The van der Waals surface area contributed by atoms with Crippen LogP contribution in [0.15, 0.2) is 128 Å². The van der Waals surface area contributed by atoms with Gasteiger partial charge in [0.05, 0.1) is 18.3 Å². The molecule has 6 aromatic rings. The minimum atomic E-state index is -1.85. The van der Waals surface area contributed by atoms with Gasteiger partial charge in [-0.2, -0.15) is 0 Å². The smallest absolute Gasteiger partial charge is 0.271 e. The second-order valence-corrected chi connectivity index (χ2v) is 29.9. The zero-order valence-corrected chi connectivity index (χ0v) is 66.0. The third-order valence-corrected chi connectivity index (χ3v) is 20.1. The molecule has 36 heteroatoms. The number of primary amides is 1. The van der Waals surface area contributed by atoms with Gasteiger partial charge in [0.25, 0.3) is 11.8 Å². The molecule has 5 heterocycles. The van der Waals surface area contributed by atoms with Crippen molar-refractivity contribution in [1.29, 1.82) is 5.41 Å². The Morgan fingerprint density at radius 1 is 0.534 bits per heavy atom. The molecular weight excluding hydrogens is 1510 g/mol. The van der Waals surface area contributed by atoms with E-state index in [4.69, 9.17) is 28.5 Å². The SMILES string of the molecule is CC(=O)NC(Cc1cnc2ccccc2c1)C(=O)NC(Cc1ccc(Cl)cc1)C(=O)NC(Cc1cccnc1)C(=O)NC(CO)C(=O)NC(CC1CCC(NC(=O)c2cnccn2)CC1)C(=O)NC(CCCCNC(=O)c1ccccn1)C(=O)NC(CC(C)C)C(=O)NC(CCCNC(=N)N)C(=O)N1CCCC1C(=O)NC(C)C(N)=O. The van der Waals surface area contributed by atoms with E-state index >= 15 is 14.4 Å². The van der Waals surface area contributed by atoms with Gasteiger partial charge in [-0.15, -0.1) is 0 Å². The molecule has 13 amide bonds. The number of carbonyl (C=O) groups is 13. The standard InChI is InChI=1S/C80H104ClN21O14/c1-46(2)36-60(71(108)96-59(19-12-32-90-80(83)84)79(116)102-35-13-20-67(102)78(115)92-47(3)68(82)105)97-70(107)58(18-8-10-31-89-69(106)57-17-7-9-30-87-57)95-73(110)62(39-50-23-27-55(28-24-50)94-76(113)65-44-86-33-34-88-65)100-77(114)66(45-103)101-75(112)64(40-51-14-11-29-85-42-51)99-74(111)63(38-49-21-25-54(81)26-22-49)98-72(109)61(93-48(4)104)41-52-37-53-15-5-6-16-56(53)91-43-52/h5-7,9,11,14-17,21-22,25-26,29-30,33-34,37,42-44,46-47,50,55,58-64,66-67,103H,8,10,12-13,18-20,23-24,27-28,31-32,35-36,38-41,45H2,1-4H3,(H2,82,105)(H,89,106)(H,92,115)(H,93,104)(H,94,113)(H,95,110)(H,96,108)(H,97,107)(H,98,109)(H,99,111)(H,100,114)(H,101,112)(H4,83,84,90). The van der Waals surface area contributed by atoms with Crippen LogP contribution in [-0.4, -0.2) is 210 Å². The van der Waals surface area contributed by atoms with Crippen LogP contribution >= 0.6 is 11.6 Å². The number of para-hydroxylation sites is 1. The second kappa shape index (κ2) is 45.1. The number of aromatic nitrogens is 5. The Hall–Kier alpha value is -12.1. The fraction of sp³-hybridized carbons (Fsp3) is 0.463. The number of hydrogen-bond acceptors (Lipinski definition) is 20. The predicted octanol–water partition coefficient (Wildman–Crippen LogP) is 0.656. The summed E-state index contributed by atoms with van der Waals surface area (Å²) >= 11 is 6.27. The van der Waals surface area contributed by atoms with Crippen LogP contribution in [0.2, 0.25) is 5.02 Å². The van der Waals surface area contributed by atoms with Gasteiger partial charge in [-0.1, -0.05) is 67.9 Å². The number of nitrogens with zero attached hydrogens (tertiary/aromatic N) is 6. The third kappa shape index (κ3) is 28.4. The van der Waals surface area contributed by atoms with Gasteiger partial charge in [-0.05, 0) is 161 Å². The molecule has 1 aliphatic carbocycles. The summed E-state index contributed by atoms with van der Waals surface area (Å²) in [6.07, 6.45) is 12.2. The highest BCUT2D eigenvalue weighted by Gasteiger charge is 2.41. The van der Waals surface area contributed by atoms with Crippen molar-refractivity contribution in [3.05, 3.63) is 161 Å². The number of pyridine rings is 3. The lowest BCUT2D eigenvalue weighted by Gasteiger charge is -2.32. The highest BCUT2D eigenvalue weighted by Crippen LogP contribution is 2.29. The van der Waals surface area contributed by atoms with Gasteiger partial charge < -0.3 is 85.3 Å². The molecule has 8 rings (SSSR count). The van der Waals surface area contributed by atoms with E-state index in [1.165, 1.54) is 62.0 Å². The van der Waals surface area contributed by atoms with E-state index < -0.39 is 144 Å². The number of hydrogen-bond donors (Lipinski definition) is 16. The average Bonchev–Trinajstić information content (AvgIpc) is 1.78. The first kappa shape index (κ1) is 89.4. The number of guanidine groups is 1. The van der Waals surface area contributed by atoms with Gasteiger partial charge in [0.1, 0.15) is 71.8 Å². The molecule has 2 aromatic carbocycles. The molecule has 4 aromatic heterocycles. The van der Waals surface area contributed by atoms with Crippen LogP contribution in [0, 0.1) is 17.2 Å². The van der Waals surface area contributed by atoms with Crippen molar-refractivity contribution in [2.45, 2.75) is 197 Å². The number of benzene rings is 2. The molecule has 10 unspecified atom stereocenters. The molecule has 18 N–H and O–H groups in total. The van der Waals surface area contributed by atoms with Gasteiger partial charge in [0.2, 0.25) is 65.0 Å². The summed E-state index contributed by atoms with van der Waals surface area (Å²) in [4.78, 5) is 206. The lowest BCUT2D eigenvalue weighted by atomic mass is 9.82. The van der Waals surface area contributed by atoms with Crippen molar-refractivity contribution >= 4 is 105 Å². The van der Waals surface area contributed by atoms with E-state index in [9.17, 15) is 53.1 Å². The lowest BCUT2D eigenvalue weighted by Crippen LogP contribution is -2.61. The number of unbranched alkanes of at least 4 members (excludes halogenated alkanes) is 1. The molecule has 0 bridgehead atoms. The van der Waals surface area contributed by atoms with Crippen LogP contribution in [0.3, 0.4) is 0 Å². The van der Waals surface area contributed by atoms with Crippen LogP contribution in [-0.2, 0) is 72.0 Å². The number of nitrogens with two attached hydrogens (primary N) is 2. The summed E-state index contributed by atoms with van der Waals surface area (Å²) in [5, 5.41) is 52.9. The number of fused-ring (bicyclic) bond motifs is 1. The van der Waals surface area contributed by atoms with Crippen molar-refractivity contribution in [1.82, 2.24) is 93.6 Å². The van der Waals surface area contributed by atoms with Gasteiger partial charge in [-0.3, -0.25) is 87.7 Å². The molecule has 2 fully saturated rings. The second-order valence-electron chi connectivity index (χ2n) is 29.4. The monoisotopic (exact) mass is 1620 g/mol. The molecule has 620 valence electrons. The number of rotatable bonds is 42. The summed E-state index contributed by atoms with van der Waals surface area (Å²) in [5.41, 5.74) is 13.5. The number of aliphatic hydroxyl groups is 1. The van der Waals surface area contributed by atoms with Gasteiger partial charge >= 0.3 is 0 Å². The van der Waals surface area contributed by atoms with Crippen LogP contribution in [0.1, 0.15) is 149 Å². The van der Waals surface area contributed by atoms with Gasteiger partial charge in [-0.25, -0.2) is 4.98 Å². The maximum atomic E-state index is 15.4. The fourth-order valence-electron chi connectivity index (χ4n) is 13.7. The Kier molecular flexibility index (Phi) is 34.7. The number of nitrogens with one attached hydrogen (secondary N) is 13. The van der Waals surface area contributed by atoms with E-state index in [0.29, 0.717) is 59.3 Å². The summed E-state index contributed by atoms with van der Waals surface area (Å²) in [6.45, 7) is 5.45. The first-order valence-corrected chi connectivity index (χ1v) is 39.2. The summed E-state index contributed by atoms with van der Waals surface area (Å²) < 4.78 is 0. The number of likely N-dealkylation sites (tertiary alicyclic amines) is 1. The van der Waals surface area contributed by atoms with Crippen LogP contribution in [0.25, 0.3) is 10.9 Å². The average molecular weight is 1620 g/mol. The first-order valence-electron chi connectivity index (χ1n) is 38.8. The van der Waals surface area contributed by atoms with E-state index in [1.54, 1.807) is 68.6 Å². The van der Waals surface area contributed by atoms with E-state index in [2.05, 4.69) is 88.7 Å². The number of aliphatic hydroxyl groups excluding tert-OH is 1. The Balaban J connectivity index is 1.06. The molecule has 35 nitrogen and oxygen atoms in total. The molecule has 1 saturated heterocycles.